The summed E-state index contributed by atoms with van der Waals surface area (Å²) < 4.78 is 61.5. The molecule has 2 heterocycles. The van der Waals surface area contributed by atoms with Crippen molar-refractivity contribution in [3.63, 3.8) is 0 Å². The molecule has 4 rings (SSSR count). The standard InChI is InChI=1S/C27H27F4N7O2/c1-16(2)13-32-26(34-25(39)20-14-38(3)37-24(20)27(29,30)31)33-23-12-22(35-36-23)19-10-9-18(11-21(19)28)40-15-17-7-5-4-6-8-17/h4-12,14,16H,13,15H2,1-3H3,(H3,32,33,34,35,36,39). The van der Waals surface area contributed by atoms with Crippen LogP contribution in [0.1, 0.15) is 35.5 Å². The molecule has 9 nitrogen and oxygen atoms in total. The van der Waals surface area contributed by atoms with Crippen molar-refractivity contribution in [1.82, 2.24) is 25.3 Å². The van der Waals surface area contributed by atoms with Gasteiger partial charge in [0.2, 0.25) is 5.96 Å². The summed E-state index contributed by atoms with van der Waals surface area (Å²) >= 11 is 0. The lowest BCUT2D eigenvalue weighted by molar-refractivity contribution is -0.141. The number of H-pyrrole nitrogens is 1. The van der Waals surface area contributed by atoms with Gasteiger partial charge in [-0.3, -0.25) is 14.6 Å². The molecular weight excluding hydrogens is 530 g/mol. The molecule has 0 atom stereocenters. The van der Waals surface area contributed by atoms with Crippen molar-refractivity contribution in [2.24, 2.45) is 18.0 Å². The average Bonchev–Trinajstić information content (AvgIpc) is 3.53. The molecule has 0 aliphatic heterocycles. The highest BCUT2D eigenvalue weighted by atomic mass is 19.4. The van der Waals surface area contributed by atoms with Gasteiger partial charge in [0.1, 0.15) is 24.0 Å². The quantitative estimate of drug-likeness (QED) is 0.152. The van der Waals surface area contributed by atoms with Crippen LogP contribution in [0.15, 0.2) is 65.8 Å². The highest BCUT2D eigenvalue weighted by molar-refractivity contribution is 6.07. The van der Waals surface area contributed by atoms with Gasteiger partial charge >= 0.3 is 6.18 Å². The summed E-state index contributed by atoms with van der Waals surface area (Å²) in [6.07, 6.45) is -3.87. The van der Waals surface area contributed by atoms with E-state index in [1.54, 1.807) is 6.07 Å². The number of nitrogens with one attached hydrogen (secondary N) is 3. The predicted molar refractivity (Wildman–Crippen MR) is 141 cm³/mol. The SMILES string of the molecule is CC(C)CN/C(=N/C(=O)c1cn(C)nc1C(F)(F)F)Nc1cc(-c2ccc(OCc3ccccc3)cc2F)n[nH]1. The molecule has 3 N–H and O–H groups in total. The van der Waals surface area contributed by atoms with Gasteiger partial charge in [0, 0.05) is 37.5 Å². The number of carbonyl (C=O) groups excluding carboxylic acids is 1. The minimum absolute atomic E-state index is 0.115. The van der Waals surface area contributed by atoms with Gasteiger partial charge < -0.3 is 15.4 Å². The Balaban J connectivity index is 1.51. The zero-order valence-electron chi connectivity index (χ0n) is 21.9. The molecule has 0 spiro atoms. The van der Waals surface area contributed by atoms with Crippen molar-refractivity contribution in [3.05, 3.63) is 83.4 Å². The fourth-order valence-corrected chi connectivity index (χ4v) is 3.61. The maximum atomic E-state index is 14.9. The topological polar surface area (TPSA) is 109 Å². The molecule has 0 aliphatic carbocycles. The first-order chi connectivity index (χ1) is 19.0. The fraction of sp³-hybridized carbons (Fsp3) is 0.259. The van der Waals surface area contributed by atoms with E-state index in [9.17, 15) is 22.4 Å². The maximum absolute atomic E-state index is 14.9. The first kappa shape index (κ1) is 28.3. The Hall–Kier alpha value is -4.68. The van der Waals surface area contributed by atoms with Crippen LogP contribution in [0.25, 0.3) is 11.3 Å². The normalized spacial score (nSPS) is 12.1. The third kappa shape index (κ3) is 7.24. The summed E-state index contributed by atoms with van der Waals surface area (Å²) in [4.78, 5) is 16.5. The molecule has 210 valence electrons. The monoisotopic (exact) mass is 557 g/mol. The Morgan fingerprint density at radius 3 is 2.58 bits per heavy atom. The van der Waals surface area contributed by atoms with Crippen LogP contribution in [0.3, 0.4) is 0 Å². The van der Waals surface area contributed by atoms with Gasteiger partial charge in [0.15, 0.2) is 5.69 Å². The first-order valence-electron chi connectivity index (χ1n) is 12.3. The van der Waals surface area contributed by atoms with Crippen LogP contribution < -0.4 is 15.4 Å². The molecule has 0 bridgehead atoms. The van der Waals surface area contributed by atoms with Crippen LogP contribution in [0, 0.1) is 11.7 Å². The van der Waals surface area contributed by atoms with E-state index < -0.39 is 29.2 Å². The molecular formula is C27H27F4N7O2. The number of aliphatic imine (C=N–C) groups is 1. The number of hydrogen-bond acceptors (Lipinski definition) is 4. The molecule has 0 radical (unpaired) electrons. The zero-order chi connectivity index (χ0) is 28.9. The molecule has 0 aliphatic rings. The molecule has 2 aromatic carbocycles. The highest BCUT2D eigenvalue weighted by Gasteiger charge is 2.39. The highest BCUT2D eigenvalue weighted by Crippen LogP contribution is 2.31. The number of alkyl halides is 3. The second-order valence-corrected chi connectivity index (χ2v) is 9.31. The van der Waals surface area contributed by atoms with Gasteiger partial charge in [-0.05, 0) is 23.6 Å². The number of anilines is 1. The second-order valence-electron chi connectivity index (χ2n) is 9.31. The van der Waals surface area contributed by atoms with E-state index in [4.69, 9.17) is 4.74 Å². The van der Waals surface area contributed by atoms with Gasteiger partial charge in [-0.2, -0.15) is 28.4 Å². The fourth-order valence-electron chi connectivity index (χ4n) is 3.61. The molecule has 4 aromatic rings. The number of guanidine groups is 1. The average molecular weight is 558 g/mol. The number of benzene rings is 2. The maximum Gasteiger partial charge on any atom is 0.435 e. The lowest BCUT2D eigenvalue weighted by Gasteiger charge is -2.12. The minimum Gasteiger partial charge on any atom is -0.489 e. The summed E-state index contributed by atoms with van der Waals surface area (Å²) in [7, 11) is 1.28. The Kier molecular flexibility index (Phi) is 8.51. The van der Waals surface area contributed by atoms with Crippen molar-refractivity contribution < 1.29 is 27.1 Å². The summed E-state index contributed by atoms with van der Waals surface area (Å²) in [6.45, 7) is 4.45. The number of carbonyl (C=O) groups is 1. The van der Waals surface area contributed by atoms with Crippen molar-refractivity contribution in [2.75, 3.05) is 11.9 Å². The third-order valence-corrected chi connectivity index (χ3v) is 5.51. The van der Waals surface area contributed by atoms with Gasteiger partial charge in [0.05, 0.1) is 11.3 Å². The van der Waals surface area contributed by atoms with Gasteiger partial charge in [0.25, 0.3) is 5.91 Å². The molecule has 2 aromatic heterocycles. The summed E-state index contributed by atoms with van der Waals surface area (Å²) in [6, 6.07) is 15.3. The molecule has 0 saturated heterocycles. The van der Waals surface area contributed by atoms with Gasteiger partial charge in [-0.15, -0.1) is 0 Å². The number of nitrogens with zero attached hydrogens (tertiary/aromatic N) is 4. The van der Waals surface area contributed by atoms with E-state index in [2.05, 4.69) is 30.9 Å². The van der Waals surface area contributed by atoms with Crippen LogP contribution in [-0.4, -0.2) is 38.4 Å². The summed E-state index contributed by atoms with van der Waals surface area (Å²) in [5.74, 6) is -1.13. The number of amides is 1. The Bertz CT molecular complexity index is 1490. The van der Waals surface area contributed by atoms with Crippen molar-refractivity contribution in [3.8, 4) is 17.0 Å². The summed E-state index contributed by atoms with van der Waals surface area (Å²) in [5, 5.41) is 15.8. The van der Waals surface area contributed by atoms with Gasteiger partial charge in [-0.1, -0.05) is 44.2 Å². The lowest BCUT2D eigenvalue weighted by atomic mass is 10.1. The smallest absolute Gasteiger partial charge is 0.435 e. The number of aromatic nitrogens is 4. The zero-order valence-corrected chi connectivity index (χ0v) is 21.9. The number of aromatic amines is 1. The lowest BCUT2D eigenvalue weighted by Crippen LogP contribution is -2.34. The van der Waals surface area contributed by atoms with Crippen molar-refractivity contribution in [2.45, 2.75) is 26.6 Å². The Labute approximate surface area is 227 Å². The molecule has 0 fully saturated rings. The van der Waals surface area contributed by atoms with Crippen molar-refractivity contribution >= 4 is 17.7 Å². The van der Waals surface area contributed by atoms with E-state index in [-0.39, 0.29) is 35.6 Å². The Morgan fingerprint density at radius 2 is 1.90 bits per heavy atom. The molecule has 0 saturated carbocycles. The van der Waals surface area contributed by atoms with Crippen LogP contribution >= 0.6 is 0 Å². The first-order valence-corrected chi connectivity index (χ1v) is 12.3. The number of hydrogen-bond donors (Lipinski definition) is 3. The Morgan fingerprint density at radius 1 is 1.15 bits per heavy atom. The van der Waals surface area contributed by atoms with E-state index >= 15 is 0 Å². The largest absolute Gasteiger partial charge is 0.489 e. The van der Waals surface area contributed by atoms with Gasteiger partial charge in [-0.25, -0.2) is 4.39 Å². The molecule has 13 heteroatoms. The van der Waals surface area contributed by atoms with E-state index in [0.717, 1.165) is 16.4 Å². The predicted octanol–water partition coefficient (Wildman–Crippen LogP) is 5.40. The van der Waals surface area contributed by atoms with E-state index in [1.165, 1.54) is 25.2 Å². The number of ether oxygens (including phenoxy) is 1. The van der Waals surface area contributed by atoms with Crippen LogP contribution in [0.5, 0.6) is 5.75 Å². The van der Waals surface area contributed by atoms with Crippen LogP contribution in [-0.2, 0) is 19.8 Å². The van der Waals surface area contributed by atoms with E-state index in [0.29, 0.717) is 12.3 Å². The minimum atomic E-state index is -4.83. The summed E-state index contributed by atoms with van der Waals surface area (Å²) in [5.41, 5.74) is -0.651. The molecule has 1 amide bonds. The third-order valence-electron chi connectivity index (χ3n) is 5.51. The van der Waals surface area contributed by atoms with E-state index in [1.807, 2.05) is 44.2 Å². The van der Waals surface area contributed by atoms with Crippen LogP contribution in [0.2, 0.25) is 0 Å². The van der Waals surface area contributed by atoms with Crippen LogP contribution in [0.4, 0.5) is 23.4 Å². The molecule has 0 unspecified atom stereocenters. The number of rotatable bonds is 8. The van der Waals surface area contributed by atoms with Crippen molar-refractivity contribution in [1.29, 1.82) is 0 Å². The second kappa shape index (κ2) is 12.0. The number of aryl methyl sites for hydroxylation is 1. The molecule has 40 heavy (non-hydrogen) atoms. The number of halogens is 4.